The molecule has 0 saturated carbocycles. The monoisotopic (exact) mass is 282 g/mol. The Labute approximate surface area is 115 Å². The number of piperazine rings is 1. The van der Waals surface area contributed by atoms with Crippen LogP contribution in [-0.2, 0) is 16.4 Å². The molecule has 106 valence electrons. The summed E-state index contributed by atoms with van der Waals surface area (Å²) in [6.07, 6.45) is 2.05. The second-order valence-electron chi connectivity index (χ2n) is 5.92. The summed E-state index contributed by atoms with van der Waals surface area (Å²) in [5.41, 5.74) is 0.999. The summed E-state index contributed by atoms with van der Waals surface area (Å²) in [5.74, 6) is 0. The van der Waals surface area contributed by atoms with Crippen LogP contribution in [0.5, 0.6) is 0 Å². The number of rotatable bonds is 3. The zero-order valence-electron chi connectivity index (χ0n) is 11.8. The zero-order chi connectivity index (χ0) is 14.1. The first-order valence-electron chi connectivity index (χ1n) is 6.54. The second-order valence-corrected chi connectivity index (χ2v) is 7.85. The van der Waals surface area contributed by atoms with Gasteiger partial charge in [0.1, 0.15) is 0 Å². The highest BCUT2D eigenvalue weighted by Gasteiger charge is 2.37. The molecular weight excluding hydrogens is 260 g/mol. The molecule has 0 bridgehead atoms. The van der Waals surface area contributed by atoms with Crippen LogP contribution in [0.4, 0.5) is 0 Å². The van der Waals surface area contributed by atoms with Gasteiger partial charge in [-0.25, -0.2) is 8.42 Å². The predicted octanol–water partition coefficient (Wildman–Crippen LogP) is 1.24. The third kappa shape index (κ3) is 3.78. The van der Waals surface area contributed by atoms with Crippen LogP contribution in [0.1, 0.15) is 19.4 Å². The number of nitrogens with zero attached hydrogens (tertiary/aromatic N) is 1. The van der Waals surface area contributed by atoms with E-state index in [1.54, 1.807) is 4.31 Å². The molecule has 0 spiro atoms. The molecule has 0 amide bonds. The molecule has 19 heavy (non-hydrogen) atoms. The van der Waals surface area contributed by atoms with Gasteiger partial charge in [-0.3, -0.25) is 0 Å². The molecule has 1 aromatic rings. The van der Waals surface area contributed by atoms with Crippen molar-refractivity contribution >= 4 is 10.0 Å². The van der Waals surface area contributed by atoms with Crippen molar-refractivity contribution in [3.63, 3.8) is 0 Å². The fourth-order valence-electron chi connectivity index (χ4n) is 2.52. The Hall–Kier alpha value is -0.910. The Balaban J connectivity index is 2.19. The van der Waals surface area contributed by atoms with Gasteiger partial charge in [-0.15, -0.1) is 0 Å². The number of benzene rings is 1. The molecular formula is C14H22N2O2S. The van der Waals surface area contributed by atoms with Crippen molar-refractivity contribution in [3.8, 4) is 0 Å². The standard InChI is InChI=1S/C14H22N2O2S/c1-14(2)11-16(19(3,17)18)13(10-15-14)9-12-7-5-4-6-8-12/h4-8,13,15H,9-11H2,1-3H3. The van der Waals surface area contributed by atoms with Gasteiger partial charge >= 0.3 is 0 Å². The molecule has 1 aliphatic heterocycles. The molecule has 1 aromatic carbocycles. The quantitative estimate of drug-likeness (QED) is 0.907. The summed E-state index contributed by atoms with van der Waals surface area (Å²) in [7, 11) is -3.17. The summed E-state index contributed by atoms with van der Waals surface area (Å²) >= 11 is 0. The van der Waals surface area contributed by atoms with Crippen molar-refractivity contribution in [2.45, 2.75) is 31.8 Å². The largest absolute Gasteiger partial charge is 0.309 e. The van der Waals surface area contributed by atoms with E-state index in [4.69, 9.17) is 0 Å². The van der Waals surface area contributed by atoms with Crippen LogP contribution < -0.4 is 5.32 Å². The van der Waals surface area contributed by atoms with E-state index < -0.39 is 10.0 Å². The molecule has 0 radical (unpaired) electrons. The summed E-state index contributed by atoms with van der Waals surface area (Å²) in [4.78, 5) is 0. The Morgan fingerprint density at radius 2 is 1.95 bits per heavy atom. The van der Waals surface area contributed by atoms with Gasteiger partial charge in [0.05, 0.1) is 6.26 Å². The van der Waals surface area contributed by atoms with E-state index >= 15 is 0 Å². The first kappa shape index (κ1) is 14.5. The van der Waals surface area contributed by atoms with Crippen molar-refractivity contribution in [3.05, 3.63) is 35.9 Å². The lowest BCUT2D eigenvalue weighted by Gasteiger charge is -2.43. The summed E-state index contributed by atoms with van der Waals surface area (Å²) < 4.78 is 25.6. The lowest BCUT2D eigenvalue weighted by Crippen LogP contribution is -2.63. The van der Waals surface area contributed by atoms with E-state index in [9.17, 15) is 8.42 Å². The van der Waals surface area contributed by atoms with Gasteiger partial charge in [0.15, 0.2) is 0 Å². The molecule has 0 aliphatic carbocycles. The SMILES string of the molecule is CC1(C)CN(S(C)(=O)=O)C(Cc2ccccc2)CN1. The highest BCUT2D eigenvalue weighted by molar-refractivity contribution is 7.88. The average molecular weight is 282 g/mol. The molecule has 4 nitrogen and oxygen atoms in total. The minimum atomic E-state index is -3.17. The first-order chi connectivity index (χ1) is 8.78. The number of hydrogen-bond acceptors (Lipinski definition) is 3. The van der Waals surface area contributed by atoms with Crippen LogP contribution in [0.3, 0.4) is 0 Å². The van der Waals surface area contributed by atoms with Crippen molar-refractivity contribution in [1.29, 1.82) is 0 Å². The molecule has 5 heteroatoms. The lowest BCUT2D eigenvalue weighted by atomic mass is 9.97. The third-order valence-corrected chi connectivity index (χ3v) is 4.79. The van der Waals surface area contributed by atoms with Gasteiger partial charge in [0, 0.05) is 24.7 Å². The molecule has 2 rings (SSSR count). The fraction of sp³-hybridized carbons (Fsp3) is 0.571. The highest BCUT2D eigenvalue weighted by Crippen LogP contribution is 2.20. The summed E-state index contributed by atoms with van der Waals surface area (Å²) in [5, 5.41) is 3.42. The van der Waals surface area contributed by atoms with Gasteiger partial charge in [-0.05, 0) is 25.8 Å². The zero-order valence-corrected chi connectivity index (χ0v) is 12.6. The molecule has 0 aromatic heterocycles. The van der Waals surface area contributed by atoms with Crippen molar-refractivity contribution in [2.24, 2.45) is 0 Å². The summed E-state index contributed by atoms with van der Waals surface area (Å²) in [6.45, 7) is 5.27. The average Bonchev–Trinajstić information content (AvgIpc) is 2.31. The Bertz CT molecular complexity index is 526. The van der Waals surface area contributed by atoms with Gasteiger partial charge in [0.25, 0.3) is 0 Å². The van der Waals surface area contributed by atoms with Gasteiger partial charge in [-0.1, -0.05) is 30.3 Å². The Morgan fingerprint density at radius 1 is 1.32 bits per heavy atom. The molecule has 1 N–H and O–H groups in total. The van der Waals surface area contributed by atoms with Gasteiger partial charge < -0.3 is 5.32 Å². The molecule has 1 fully saturated rings. The van der Waals surface area contributed by atoms with Crippen LogP contribution in [-0.4, -0.2) is 43.6 Å². The Morgan fingerprint density at radius 3 is 2.53 bits per heavy atom. The minimum Gasteiger partial charge on any atom is -0.309 e. The van der Waals surface area contributed by atoms with Crippen LogP contribution in [0.2, 0.25) is 0 Å². The maximum absolute atomic E-state index is 12.0. The molecule has 1 unspecified atom stereocenters. The smallest absolute Gasteiger partial charge is 0.211 e. The van der Waals surface area contributed by atoms with Gasteiger partial charge in [0.2, 0.25) is 10.0 Å². The van der Waals surface area contributed by atoms with E-state index in [-0.39, 0.29) is 11.6 Å². The third-order valence-electron chi connectivity index (χ3n) is 3.51. The van der Waals surface area contributed by atoms with Crippen molar-refractivity contribution in [1.82, 2.24) is 9.62 Å². The lowest BCUT2D eigenvalue weighted by molar-refractivity contribution is 0.174. The summed E-state index contributed by atoms with van der Waals surface area (Å²) in [6, 6.07) is 10.0. The number of hydrogen-bond donors (Lipinski definition) is 1. The molecule has 1 atom stereocenters. The van der Waals surface area contributed by atoms with Gasteiger partial charge in [-0.2, -0.15) is 4.31 Å². The van der Waals surface area contributed by atoms with E-state index in [2.05, 4.69) is 5.32 Å². The normalized spacial score (nSPS) is 24.3. The number of sulfonamides is 1. The second kappa shape index (κ2) is 5.23. The molecule has 1 aliphatic rings. The molecule has 1 saturated heterocycles. The van der Waals surface area contributed by atoms with Crippen LogP contribution in [0.25, 0.3) is 0 Å². The maximum atomic E-state index is 12.0. The minimum absolute atomic E-state index is 0.00887. The van der Waals surface area contributed by atoms with E-state index in [0.29, 0.717) is 13.1 Å². The van der Waals surface area contributed by atoms with Crippen LogP contribution >= 0.6 is 0 Å². The Kier molecular flexibility index (Phi) is 3.99. The molecule has 1 heterocycles. The van der Waals surface area contributed by atoms with Crippen LogP contribution in [0.15, 0.2) is 30.3 Å². The maximum Gasteiger partial charge on any atom is 0.211 e. The number of nitrogens with one attached hydrogen (secondary N) is 1. The van der Waals surface area contributed by atoms with Crippen molar-refractivity contribution < 1.29 is 8.42 Å². The van der Waals surface area contributed by atoms with E-state index in [1.165, 1.54) is 11.8 Å². The predicted molar refractivity (Wildman–Crippen MR) is 77.6 cm³/mol. The van der Waals surface area contributed by atoms with E-state index in [0.717, 1.165) is 6.42 Å². The van der Waals surface area contributed by atoms with E-state index in [1.807, 2.05) is 44.2 Å². The fourth-order valence-corrected chi connectivity index (χ4v) is 3.77. The first-order valence-corrected chi connectivity index (χ1v) is 8.38. The topological polar surface area (TPSA) is 49.4 Å². The van der Waals surface area contributed by atoms with Crippen molar-refractivity contribution in [2.75, 3.05) is 19.3 Å². The highest BCUT2D eigenvalue weighted by atomic mass is 32.2. The van der Waals surface area contributed by atoms with Crippen LogP contribution in [0, 0.1) is 0 Å².